The third kappa shape index (κ3) is 2.40. The van der Waals surface area contributed by atoms with Crippen molar-refractivity contribution in [2.45, 2.75) is 25.3 Å². The predicted octanol–water partition coefficient (Wildman–Crippen LogP) is 2.44. The van der Waals surface area contributed by atoms with Crippen LogP contribution in [0.2, 0.25) is 0 Å². The van der Waals surface area contributed by atoms with Crippen LogP contribution in [0.25, 0.3) is 5.65 Å². The van der Waals surface area contributed by atoms with E-state index in [1.165, 1.54) is 5.56 Å². The van der Waals surface area contributed by atoms with E-state index in [0.717, 1.165) is 43.5 Å². The number of rotatable bonds is 2. The molecule has 6 heteroatoms. The zero-order valence-electron chi connectivity index (χ0n) is 14.2. The minimum atomic E-state index is 0.469. The van der Waals surface area contributed by atoms with Crippen LogP contribution in [0.4, 0.5) is 5.82 Å². The van der Waals surface area contributed by atoms with Crippen molar-refractivity contribution in [3.05, 3.63) is 54.1 Å². The highest BCUT2D eigenvalue weighted by Gasteiger charge is 2.44. The fraction of sp³-hybridized carbons (Fsp3) is 0.421. The molecule has 0 amide bonds. The molecule has 2 saturated heterocycles. The second kappa shape index (κ2) is 5.81. The van der Waals surface area contributed by atoms with Crippen LogP contribution in [0.15, 0.2) is 42.7 Å². The van der Waals surface area contributed by atoms with E-state index in [2.05, 4.69) is 51.5 Å². The zero-order chi connectivity index (χ0) is 16.8. The van der Waals surface area contributed by atoms with E-state index in [-0.39, 0.29) is 0 Å². The van der Waals surface area contributed by atoms with Gasteiger partial charge in [0.15, 0.2) is 5.65 Å². The summed E-state index contributed by atoms with van der Waals surface area (Å²) >= 11 is 0. The van der Waals surface area contributed by atoms with Crippen molar-refractivity contribution in [2.24, 2.45) is 5.92 Å². The van der Waals surface area contributed by atoms with Gasteiger partial charge in [0.25, 0.3) is 0 Å². The van der Waals surface area contributed by atoms with Crippen LogP contribution < -0.4 is 4.90 Å². The van der Waals surface area contributed by atoms with Crippen molar-refractivity contribution >= 4 is 11.5 Å². The molecule has 0 N–H and O–H groups in total. The second-order valence-electron chi connectivity index (χ2n) is 6.99. The van der Waals surface area contributed by atoms with Crippen molar-refractivity contribution in [1.29, 1.82) is 0 Å². The van der Waals surface area contributed by atoms with Gasteiger partial charge in [-0.05, 0) is 18.9 Å². The summed E-state index contributed by atoms with van der Waals surface area (Å²) in [5, 5.41) is 8.22. The number of nitrogens with zero attached hydrogens (tertiary/aromatic N) is 5. The SMILES string of the molecule is Cc1nc(N2C[C@H](c3ccccc3)[C@@H]3COCC[C@@H]32)cc2nncn12. The molecule has 0 saturated carbocycles. The Bertz CT molecular complexity index is 893. The number of fused-ring (bicyclic) bond motifs is 2. The Morgan fingerprint density at radius 2 is 2.08 bits per heavy atom. The maximum atomic E-state index is 5.83. The van der Waals surface area contributed by atoms with E-state index in [9.17, 15) is 0 Å². The van der Waals surface area contributed by atoms with Gasteiger partial charge in [-0.3, -0.25) is 4.40 Å². The molecule has 0 bridgehead atoms. The Hall–Kier alpha value is -2.47. The van der Waals surface area contributed by atoms with Gasteiger partial charge in [-0.15, -0.1) is 10.2 Å². The summed E-state index contributed by atoms with van der Waals surface area (Å²) in [6.07, 6.45) is 2.77. The minimum absolute atomic E-state index is 0.469. The first kappa shape index (κ1) is 14.8. The van der Waals surface area contributed by atoms with E-state index >= 15 is 0 Å². The number of benzene rings is 1. The van der Waals surface area contributed by atoms with E-state index in [4.69, 9.17) is 9.72 Å². The standard InChI is InChI=1S/C19H21N5O/c1-13-21-18(9-19-22-20-12-24(13)19)23-10-15(14-5-3-2-4-6-14)16-11-25-8-7-17(16)23/h2-6,9,12,15-17H,7-8,10-11H2,1H3/t15-,16+,17+/m1/s1. The molecule has 128 valence electrons. The first-order valence-electron chi connectivity index (χ1n) is 8.88. The Balaban J connectivity index is 1.55. The molecule has 4 heterocycles. The number of anilines is 1. The second-order valence-corrected chi connectivity index (χ2v) is 6.99. The molecule has 0 radical (unpaired) electrons. The van der Waals surface area contributed by atoms with Gasteiger partial charge in [0.05, 0.1) is 6.61 Å². The van der Waals surface area contributed by atoms with Gasteiger partial charge in [0.1, 0.15) is 18.0 Å². The van der Waals surface area contributed by atoms with Gasteiger partial charge in [-0.1, -0.05) is 30.3 Å². The van der Waals surface area contributed by atoms with Crippen LogP contribution in [0.3, 0.4) is 0 Å². The molecular formula is C19H21N5O. The van der Waals surface area contributed by atoms with Crippen LogP contribution >= 0.6 is 0 Å². The van der Waals surface area contributed by atoms with Gasteiger partial charge >= 0.3 is 0 Å². The monoisotopic (exact) mass is 335 g/mol. The molecule has 3 atom stereocenters. The first-order chi connectivity index (χ1) is 12.3. The lowest BCUT2D eigenvalue weighted by Crippen LogP contribution is -2.39. The largest absolute Gasteiger partial charge is 0.381 e. The van der Waals surface area contributed by atoms with E-state index in [1.807, 2.05) is 11.3 Å². The number of aryl methyl sites for hydroxylation is 1. The summed E-state index contributed by atoms with van der Waals surface area (Å²) in [6.45, 7) is 4.63. The van der Waals surface area contributed by atoms with Crippen molar-refractivity contribution in [3.63, 3.8) is 0 Å². The summed E-state index contributed by atoms with van der Waals surface area (Å²) in [7, 11) is 0. The molecule has 25 heavy (non-hydrogen) atoms. The van der Waals surface area contributed by atoms with Gasteiger partial charge in [-0.25, -0.2) is 4.98 Å². The predicted molar refractivity (Wildman–Crippen MR) is 94.8 cm³/mol. The molecule has 1 aromatic carbocycles. The summed E-state index contributed by atoms with van der Waals surface area (Å²) in [6, 6.07) is 13.3. The van der Waals surface area contributed by atoms with Gasteiger partial charge in [0, 0.05) is 37.1 Å². The first-order valence-corrected chi connectivity index (χ1v) is 8.88. The Kier molecular flexibility index (Phi) is 3.45. The van der Waals surface area contributed by atoms with E-state index < -0.39 is 0 Å². The number of hydrogen-bond acceptors (Lipinski definition) is 5. The Morgan fingerprint density at radius 3 is 2.96 bits per heavy atom. The summed E-state index contributed by atoms with van der Waals surface area (Å²) in [5.74, 6) is 2.91. The third-order valence-electron chi connectivity index (χ3n) is 5.65. The molecule has 0 spiro atoms. The lowest BCUT2D eigenvalue weighted by atomic mass is 9.84. The maximum absolute atomic E-state index is 5.83. The Labute approximate surface area is 146 Å². The average molecular weight is 335 g/mol. The lowest BCUT2D eigenvalue weighted by molar-refractivity contribution is 0.0461. The quantitative estimate of drug-likeness (QED) is 0.720. The molecule has 2 aromatic heterocycles. The van der Waals surface area contributed by atoms with Gasteiger partial charge < -0.3 is 9.64 Å². The van der Waals surface area contributed by atoms with Gasteiger partial charge in [0.2, 0.25) is 0 Å². The summed E-state index contributed by atoms with van der Waals surface area (Å²) < 4.78 is 7.75. The van der Waals surface area contributed by atoms with Crippen molar-refractivity contribution in [2.75, 3.05) is 24.7 Å². The summed E-state index contributed by atoms with van der Waals surface area (Å²) in [4.78, 5) is 7.31. The van der Waals surface area contributed by atoms with Crippen LogP contribution in [0.5, 0.6) is 0 Å². The minimum Gasteiger partial charge on any atom is -0.381 e. The van der Waals surface area contributed by atoms with Crippen molar-refractivity contribution in [1.82, 2.24) is 19.6 Å². The highest BCUT2D eigenvalue weighted by atomic mass is 16.5. The van der Waals surface area contributed by atoms with Crippen LogP contribution in [0.1, 0.15) is 23.7 Å². The molecule has 3 aromatic rings. The third-order valence-corrected chi connectivity index (χ3v) is 5.65. The molecule has 2 aliphatic heterocycles. The number of ether oxygens (including phenoxy) is 1. The van der Waals surface area contributed by atoms with Gasteiger partial charge in [-0.2, -0.15) is 0 Å². The molecule has 2 fully saturated rings. The highest BCUT2D eigenvalue weighted by molar-refractivity contribution is 5.54. The summed E-state index contributed by atoms with van der Waals surface area (Å²) in [5.41, 5.74) is 2.25. The Morgan fingerprint density at radius 1 is 1.20 bits per heavy atom. The zero-order valence-corrected chi connectivity index (χ0v) is 14.2. The van der Waals surface area contributed by atoms with Crippen molar-refractivity contribution < 1.29 is 4.74 Å². The maximum Gasteiger partial charge on any atom is 0.165 e. The lowest BCUT2D eigenvalue weighted by Gasteiger charge is -2.33. The highest BCUT2D eigenvalue weighted by Crippen LogP contribution is 2.42. The number of aromatic nitrogens is 4. The fourth-order valence-electron chi connectivity index (χ4n) is 4.43. The van der Waals surface area contributed by atoms with Crippen LogP contribution in [-0.2, 0) is 4.74 Å². The molecule has 6 nitrogen and oxygen atoms in total. The average Bonchev–Trinajstić information content (AvgIpc) is 3.27. The number of hydrogen-bond donors (Lipinski definition) is 0. The fourth-order valence-corrected chi connectivity index (χ4v) is 4.43. The molecule has 0 aliphatic carbocycles. The van der Waals surface area contributed by atoms with Crippen molar-refractivity contribution in [3.8, 4) is 0 Å². The van der Waals surface area contributed by atoms with E-state index in [1.54, 1.807) is 6.33 Å². The molecule has 0 unspecified atom stereocenters. The normalized spacial score (nSPS) is 26.1. The smallest absolute Gasteiger partial charge is 0.165 e. The topological polar surface area (TPSA) is 55.5 Å². The molecule has 2 aliphatic rings. The molecule has 5 rings (SSSR count). The van der Waals surface area contributed by atoms with Crippen LogP contribution in [-0.4, -0.2) is 45.4 Å². The van der Waals surface area contributed by atoms with Crippen LogP contribution in [0, 0.1) is 12.8 Å². The molecular weight excluding hydrogens is 314 g/mol. The van der Waals surface area contributed by atoms with E-state index in [0.29, 0.717) is 17.9 Å².